The molecule has 1 rings (SSSR count). The third-order valence-electron chi connectivity index (χ3n) is 1.99. The van der Waals surface area contributed by atoms with E-state index in [2.05, 4.69) is 4.74 Å². The molecule has 1 N–H and O–H groups in total. The lowest BCUT2D eigenvalue weighted by Crippen LogP contribution is -2.14. The molecule has 7 heteroatoms. The number of alkyl halides is 3. The van der Waals surface area contributed by atoms with Gasteiger partial charge < -0.3 is 9.84 Å². The smallest absolute Gasteiger partial charge is 0.417 e. The van der Waals surface area contributed by atoms with Crippen LogP contribution in [-0.4, -0.2) is 18.2 Å². The summed E-state index contributed by atoms with van der Waals surface area (Å²) in [7, 11) is 0.876. The largest absolute Gasteiger partial charge is 0.506 e. The Hall–Kier alpha value is -2.23. The third-order valence-corrected chi connectivity index (χ3v) is 1.99. The van der Waals surface area contributed by atoms with Gasteiger partial charge in [0.1, 0.15) is 17.4 Å². The van der Waals surface area contributed by atoms with Crippen LogP contribution in [-0.2, 0) is 10.9 Å². The molecule has 0 saturated carbocycles. The minimum Gasteiger partial charge on any atom is -0.506 e. The molecular formula is C10H6F3NO3. The first kappa shape index (κ1) is 12.8. The number of hydrogen-bond donors (Lipinski definition) is 1. The number of nitrogens with zero attached hydrogens (tertiary/aromatic N) is 1. The lowest BCUT2D eigenvalue weighted by Gasteiger charge is -2.13. The van der Waals surface area contributed by atoms with Gasteiger partial charge in [-0.3, -0.25) is 0 Å². The van der Waals surface area contributed by atoms with E-state index in [1.54, 1.807) is 0 Å². The number of aromatic hydroxyl groups is 1. The second-order valence-electron chi connectivity index (χ2n) is 2.99. The van der Waals surface area contributed by atoms with Crippen LogP contribution in [0.5, 0.6) is 5.75 Å². The fourth-order valence-corrected chi connectivity index (χ4v) is 1.23. The van der Waals surface area contributed by atoms with E-state index in [1.165, 1.54) is 6.07 Å². The number of esters is 1. The first-order valence-corrected chi connectivity index (χ1v) is 4.24. The molecule has 0 aromatic heterocycles. The average molecular weight is 245 g/mol. The molecule has 0 saturated heterocycles. The molecule has 17 heavy (non-hydrogen) atoms. The number of ether oxygens (including phenoxy) is 1. The highest BCUT2D eigenvalue weighted by molar-refractivity contribution is 5.95. The highest BCUT2D eigenvalue weighted by Gasteiger charge is 2.38. The van der Waals surface area contributed by atoms with E-state index in [9.17, 15) is 23.1 Å². The van der Waals surface area contributed by atoms with Crippen LogP contribution in [0.1, 0.15) is 21.5 Å². The molecule has 1 aromatic carbocycles. The molecule has 0 spiro atoms. The van der Waals surface area contributed by atoms with Crippen molar-refractivity contribution in [2.45, 2.75) is 6.18 Å². The number of hydrogen-bond acceptors (Lipinski definition) is 4. The minimum absolute atomic E-state index is 0.432. The van der Waals surface area contributed by atoms with Crippen LogP contribution >= 0.6 is 0 Å². The topological polar surface area (TPSA) is 70.3 Å². The molecular weight excluding hydrogens is 239 g/mol. The van der Waals surface area contributed by atoms with Crippen molar-refractivity contribution in [2.24, 2.45) is 0 Å². The Bertz CT molecular complexity index is 503. The number of phenolic OH excluding ortho intramolecular Hbond substituents is 1. The van der Waals surface area contributed by atoms with Gasteiger partial charge >= 0.3 is 12.1 Å². The zero-order valence-electron chi connectivity index (χ0n) is 8.50. The van der Waals surface area contributed by atoms with Gasteiger partial charge in [-0.2, -0.15) is 18.4 Å². The van der Waals surface area contributed by atoms with E-state index in [0.29, 0.717) is 6.07 Å². The standard InChI is InChI=1S/C10H6F3NO3/c1-17-9(16)7-6(10(11,12)13)3-2-5(4-14)8(7)15/h2-3,15H,1H3. The Labute approximate surface area is 93.8 Å². The predicted octanol–water partition coefficient (Wildman–Crippen LogP) is 2.07. The number of carbonyl (C=O) groups is 1. The van der Waals surface area contributed by atoms with Gasteiger partial charge in [-0.05, 0) is 12.1 Å². The van der Waals surface area contributed by atoms with E-state index in [1.807, 2.05) is 0 Å². The molecule has 0 aliphatic rings. The average Bonchev–Trinajstić information content (AvgIpc) is 2.26. The molecule has 0 atom stereocenters. The Morgan fingerprint density at radius 1 is 1.47 bits per heavy atom. The molecule has 1 aromatic rings. The van der Waals surface area contributed by atoms with Crippen molar-refractivity contribution in [2.75, 3.05) is 7.11 Å². The van der Waals surface area contributed by atoms with Crippen LogP contribution in [0, 0.1) is 11.3 Å². The van der Waals surface area contributed by atoms with Gasteiger partial charge in [0.05, 0.1) is 18.2 Å². The number of halogens is 3. The van der Waals surface area contributed by atoms with Crippen LogP contribution in [0.2, 0.25) is 0 Å². The Balaban J connectivity index is 3.60. The summed E-state index contributed by atoms with van der Waals surface area (Å²) in [6.07, 6.45) is -4.82. The monoisotopic (exact) mass is 245 g/mol. The van der Waals surface area contributed by atoms with Crippen molar-refractivity contribution in [3.63, 3.8) is 0 Å². The van der Waals surface area contributed by atoms with Gasteiger partial charge in [0.25, 0.3) is 0 Å². The Morgan fingerprint density at radius 3 is 2.47 bits per heavy atom. The maximum atomic E-state index is 12.6. The number of benzene rings is 1. The quantitative estimate of drug-likeness (QED) is 0.769. The van der Waals surface area contributed by atoms with Gasteiger partial charge in [-0.25, -0.2) is 4.79 Å². The lowest BCUT2D eigenvalue weighted by atomic mass is 10.0. The summed E-state index contributed by atoms with van der Waals surface area (Å²) in [6, 6.07) is 2.80. The summed E-state index contributed by atoms with van der Waals surface area (Å²) in [6.45, 7) is 0. The lowest BCUT2D eigenvalue weighted by molar-refractivity contribution is -0.138. The Morgan fingerprint density at radius 2 is 2.06 bits per heavy atom. The maximum Gasteiger partial charge on any atom is 0.417 e. The van der Waals surface area contributed by atoms with Crippen molar-refractivity contribution in [3.05, 3.63) is 28.8 Å². The number of methoxy groups -OCH3 is 1. The van der Waals surface area contributed by atoms with Crippen molar-refractivity contribution >= 4 is 5.97 Å². The molecule has 0 aliphatic carbocycles. The second-order valence-corrected chi connectivity index (χ2v) is 2.99. The van der Waals surface area contributed by atoms with Crippen LogP contribution < -0.4 is 0 Å². The van der Waals surface area contributed by atoms with E-state index >= 15 is 0 Å². The van der Waals surface area contributed by atoms with E-state index in [0.717, 1.165) is 13.2 Å². The molecule has 90 valence electrons. The summed E-state index contributed by atoms with van der Waals surface area (Å²) < 4.78 is 41.8. The predicted molar refractivity (Wildman–Crippen MR) is 49.2 cm³/mol. The zero-order valence-corrected chi connectivity index (χ0v) is 8.50. The van der Waals surface area contributed by atoms with Gasteiger partial charge in [0, 0.05) is 0 Å². The fourth-order valence-electron chi connectivity index (χ4n) is 1.23. The van der Waals surface area contributed by atoms with Crippen molar-refractivity contribution in [3.8, 4) is 11.8 Å². The molecule has 4 nitrogen and oxygen atoms in total. The highest BCUT2D eigenvalue weighted by atomic mass is 19.4. The zero-order chi connectivity index (χ0) is 13.2. The van der Waals surface area contributed by atoms with Crippen LogP contribution in [0.15, 0.2) is 12.1 Å². The van der Waals surface area contributed by atoms with E-state index < -0.39 is 34.6 Å². The van der Waals surface area contributed by atoms with Gasteiger partial charge in [-0.1, -0.05) is 0 Å². The minimum atomic E-state index is -4.82. The van der Waals surface area contributed by atoms with Crippen molar-refractivity contribution < 1.29 is 27.8 Å². The maximum absolute atomic E-state index is 12.6. The first-order valence-electron chi connectivity index (χ1n) is 4.24. The van der Waals surface area contributed by atoms with Crippen LogP contribution in [0.4, 0.5) is 13.2 Å². The molecule has 0 radical (unpaired) electrons. The highest BCUT2D eigenvalue weighted by Crippen LogP contribution is 2.37. The van der Waals surface area contributed by atoms with E-state index in [4.69, 9.17) is 5.26 Å². The summed E-state index contributed by atoms with van der Waals surface area (Å²) >= 11 is 0. The first-order chi connectivity index (χ1) is 7.82. The molecule has 0 unspecified atom stereocenters. The number of nitriles is 1. The summed E-state index contributed by atoms with van der Waals surface area (Å²) in [5, 5.41) is 18.0. The molecule has 0 bridgehead atoms. The van der Waals surface area contributed by atoms with Crippen molar-refractivity contribution in [1.29, 1.82) is 5.26 Å². The second kappa shape index (κ2) is 4.33. The van der Waals surface area contributed by atoms with Crippen LogP contribution in [0.25, 0.3) is 0 Å². The van der Waals surface area contributed by atoms with Gasteiger partial charge in [0.2, 0.25) is 0 Å². The molecule has 0 aliphatic heterocycles. The normalized spacial score (nSPS) is 10.8. The van der Waals surface area contributed by atoms with Crippen LogP contribution in [0.3, 0.4) is 0 Å². The summed E-state index contributed by atoms with van der Waals surface area (Å²) in [5.74, 6) is -2.39. The summed E-state index contributed by atoms with van der Waals surface area (Å²) in [5.41, 5.74) is -2.83. The van der Waals surface area contributed by atoms with Crippen molar-refractivity contribution in [1.82, 2.24) is 0 Å². The molecule has 0 heterocycles. The molecule has 0 fully saturated rings. The number of rotatable bonds is 1. The number of carbonyl (C=O) groups excluding carboxylic acids is 1. The van der Waals surface area contributed by atoms with Gasteiger partial charge in [0.15, 0.2) is 0 Å². The SMILES string of the molecule is COC(=O)c1c(C(F)(F)F)ccc(C#N)c1O. The fraction of sp³-hybridized carbons (Fsp3) is 0.200. The molecule has 0 amide bonds. The summed E-state index contributed by atoms with van der Waals surface area (Å²) in [4.78, 5) is 11.2. The van der Waals surface area contributed by atoms with E-state index in [-0.39, 0.29) is 0 Å². The Kier molecular flexibility index (Phi) is 3.27. The number of phenols is 1. The van der Waals surface area contributed by atoms with Gasteiger partial charge in [-0.15, -0.1) is 0 Å². The third kappa shape index (κ3) is 2.30.